The van der Waals surface area contributed by atoms with Crippen LogP contribution in [0.2, 0.25) is 0 Å². The van der Waals surface area contributed by atoms with E-state index in [4.69, 9.17) is 0 Å². The molecule has 2 aliphatic rings. The van der Waals surface area contributed by atoms with E-state index in [1.54, 1.807) is 0 Å². The van der Waals surface area contributed by atoms with Crippen molar-refractivity contribution in [2.75, 3.05) is 0 Å². The second-order valence-electron chi connectivity index (χ2n) is 5.59. The average Bonchev–Trinajstić information content (AvgIpc) is 3.06. The third-order valence-electron chi connectivity index (χ3n) is 4.31. The Kier molecular flexibility index (Phi) is 2.36. The van der Waals surface area contributed by atoms with Crippen LogP contribution in [-0.4, -0.2) is 24.2 Å². The first kappa shape index (κ1) is 12.6. The molecule has 1 aromatic carbocycles. The van der Waals surface area contributed by atoms with Gasteiger partial charge in [-0.25, -0.2) is 12.8 Å². The zero-order chi connectivity index (χ0) is 13.9. The third-order valence-corrected chi connectivity index (χ3v) is 6.71. The number of hydrogen-bond donors (Lipinski definition) is 1. The molecule has 0 aliphatic heterocycles. The molecule has 0 unspecified atom stereocenters. The molecule has 3 rings (SSSR count). The van der Waals surface area contributed by atoms with Crippen molar-refractivity contribution in [1.29, 1.82) is 0 Å². The maximum absolute atomic E-state index is 13.7. The lowest BCUT2D eigenvalue weighted by Crippen LogP contribution is -2.57. The number of carboxylic acid groups (broad SMARTS) is 1. The maximum Gasteiger partial charge on any atom is 0.325 e. The van der Waals surface area contributed by atoms with Crippen LogP contribution < -0.4 is 0 Å². The van der Waals surface area contributed by atoms with E-state index in [1.807, 2.05) is 0 Å². The number of sulfone groups is 1. The van der Waals surface area contributed by atoms with Crippen LogP contribution in [0.4, 0.5) is 4.39 Å². The van der Waals surface area contributed by atoms with Crippen LogP contribution in [0.5, 0.6) is 0 Å². The second kappa shape index (κ2) is 3.56. The van der Waals surface area contributed by atoms with Gasteiger partial charge in [-0.1, -0.05) is 12.1 Å². The van der Waals surface area contributed by atoms with Gasteiger partial charge in [-0.3, -0.25) is 4.79 Å². The summed E-state index contributed by atoms with van der Waals surface area (Å²) in [5, 5.41) is 9.33. The molecule has 2 aliphatic carbocycles. The van der Waals surface area contributed by atoms with E-state index in [2.05, 4.69) is 0 Å². The summed E-state index contributed by atoms with van der Waals surface area (Å²) in [4.78, 5) is 10.9. The van der Waals surface area contributed by atoms with Crippen molar-refractivity contribution in [3.05, 3.63) is 30.1 Å². The fourth-order valence-corrected chi connectivity index (χ4v) is 5.25. The van der Waals surface area contributed by atoms with Crippen molar-refractivity contribution in [1.82, 2.24) is 0 Å². The van der Waals surface area contributed by atoms with Gasteiger partial charge in [0.05, 0.1) is 0 Å². The zero-order valence-corrected chi connectivity index (χ0v) is 10.9. The minimum Gasteiger partial charge on any atom is -0.480 e. The van der Waals surface area contributed by atoms with Gasteiger partial charge in [0.15, 0.2) is 14.6 Å². The highest BCUT2D eigenvalue weighted by molar-refractivity contribution is 7.93. The summed E-state index contributed by atoms with van der Waals surface area (Å²) in [6.07, 6.45) is 1.95. The monoisotopic (exact) mass is 284 g/mol. The molecule has 0 radical (unpaired) electrons. The SMILES string of the molecule is O=C(O)C1(S(=O)(=O)c2ccccc2F)CC2(CC2)C1. The van der Waals surface area contributed by atoms with Gasteiger partial charge in [0.1, 0.15) is 10.7 Å². The number of halogens is 1. The molecule has 6 heteroatoms. The molecule has 1 spiro atoms. The summed E-state index contributed by atoms with van der Waals surface area (Å²) in [5.74, 6) is -2.26. The highest BCUT2D eigenvalue weighted by Crippen LogP contribution is 2.67. The Morgan fingerprint density at radius 2 is 1.79 bits per heavy atom. The van der Waals surface area contributed by atoms with E-state index >= 15 is 0 Å². The highest BCUT2D eigenvalue weighted by Gasteiger charge is 2.70. The van der Waals surface area contributed by atoms with E-state index in [9.17, 15) is 22.7 Å². The Morgan fingerprint density at radius 3 is 2.26 bits per heavy atom. The number of carbonyl (C=O) groups is 1. The van der Waals surface area contributed by atoms with Crippen molar-refractivity contribution in [2.24, 2.45) is 5.41 Å². The molecule has 1 aromatic rings. The molecular weight excluding hydrogens is 271 g/mol. The Labute approximate surface area is 110 Å². The first-order valence-corrected chi connectivity index (χ1v) is 7.54. The Hall–Kier alpha value is -1.43. The Balaban J connectivity index is 2.08. The molecule has 4 nitrogen and oxygen atoms in total. The highest BCUT2D eigenvalue weighted by atomic mass is 32.2. The molecule has 0 amide bonds. The van der Waals surface area contributed by atoms with Gasteiger partial charge in [0.25, 0.3) is 0 Å². The summed E-state index contributed by atoms with van der Waals surface area (Å²) >= 11 is 0. The molecule has 2 saturated carbocycles. The number of carboxylic acids is 1. The van der Waals surface area contributed by atoms with Crippen LogP contribution >= 0.6 is 0 Å². The fourth-order valence-electron chi connectivity index (χ4n) is 3.02. The van der Waals surface area contributed by atoms with Crippen LogP contribution in [-0.2, 0) is 14.6 Å². The lowest BCUT2D eigenvalue weighted by molar-refractivity contribution is -0.144. The first-order chi connectivity index (χ1) is 8.83. The minimum absolute atomic E-state index is 0.103. The Bertz CT molecular complexity index is 653. The molecular formula is C13H13FO4S. The number of aliphatic carboxylic acids is 1. The van der Waals surface area contributed by atoms with Crippen molar-refractivity contribution in [3.8, 4) is 0 Å². The van der Waals surface area contributed by atoms with Crippen LogP contribution in [0.3, 0.4) is 0 Å². The smallest absolute Gasteiger partial charge is 0.325 e. The quantitative estimate of drug-likeness (QED) is 0.921. The summed E-state index contributed by atoms with van der Waals surface area (Å²) in [6.45, 7) is 0. The van der Waals surface area contributed by atoms with Crippen molar-refractivity contribution in [3.63, 3.8) is 0 Å². The number of benzene rings is 1. The minimum atomic E-state index is -4.20. The van der Waals surface area contributed by atoms with Crippen molar-refractivity contribution < 1.29 is 22.7 Å². The van der Waals surface area contributed by atoms with Gasteiger partial charge >= 0.3 is 5.97 Å². The summed E-state index contributed by atoms with van der Waals surface area (Å²) in [7, 11) is -4.20. The topological polar surface area (TPSA) is 71.4 Å². The predicted molar refractivity (Wildman–Crippen MR) is 64.9 cm³/mol. The molecule has 19 heavy (non-hydrogen) atoms. The largest absolute Gasteiger partial charge is 0.480 e. The average molecular weight is 284 g/mol. The lowest BCUT2D eigenvalue weighted by Gasteiger charge is -2.44. The second-order valence-corrected chi connectivity index (χ2v) is 7.82. The molecule has 0 heterocycles. The van der Waals surface area contributed by atoms with Gasteiger partial charge < -0.3 is 5.11 Å². The maximum atomic E-state index is 13.7. The number of rotatable bonds is 3. The van der Waals surface area contributed by atoms with Gasteiger partial charge in [0.2, 0.25) is 0 Å². The van der Waals surface area contributed by atoms with E-state index in [0.717, 1.165) is 25.0 Å². The van der Waals surface area contributed by atoms with E-state index in [0.29, 0.717) is 0 Å². The Morgan fingerprint density at radius 1 is 1.21 bits per heavy atom. The normalized spacial score (nSPS) is 22.8. The summed E-state index contributed by atoms with van der Waals surface area (Å²) < 4.78 is 36.8. The fraction of sp³-hybridized carbons (Fsp3) is 0.462. The molecule has 0 saturated heterocycles. The van der Waals surface area contributed by atoms with Crippen LogP contribution in [0.1, 0.15) is 25.7 Å². The predicted octanol–water partition coefficient (Wildman–Crippen LogP) is 2.00. The molecule has 102 valence electrons. The molecule has 0 bridgehead atoms. The van der Waals surface area contributed by atoms with Crippen molar-refractivity contribution >= 4 is 15.8 Å². The molecule has 2 fully saturated rings. The van der Waals surface area contributed by atoms with Crippen LogP contribution in [0, 0.1) is 11.2 Å². The standard InChI is InChI=1S/C13H13FO4S/c14-9-3-1-2-4-10(9)19(17,18)13(11(15)16)7-12(8-13)5-6-12/h1-4H,5-8H2,(H,15,16). The first-order valence-electron chi connectivity index (χ1n) is 6.06. The zero-order valence-electron chi connectivity index (χ0n) is 10.1. The molecule has 0 aromatic heterocycles. The van der Waals surface area contributed by atoms with E-state index < -0.39 is 31.3 Å². The molecule has 0 atom stereocenters. The number of hydrogen-bond acceptors (Lipinski definition) is 3. The van der Waals surface area contributed by atoms with Gasteiger partial charge in [-0.2, -0.15) is 0 Å². The van der Waals surface area contributed by atoms with Crippen LogP contribution in [0.25, 0.3) is 0 Å². The van der Waals surface area contributed by atoms with Crippen LogP contribution in [0.15, 0.2) is 29.2 Å². The van der Waals surface area contributed by atoms with Gasteiger partial charge in [-0.15, -0.1) is 0 Å². The molecule has 1 N–H and O–H groups in total. The summed E-state index contributed by atoms with van der Waals surface area (Å²) in [6, 6.07) is 4.95. The lowest BCUT2D eigenvalue weighted by atomic mass is 9.71. The van der Waals surface area contributed by atoms with E-state index in [-0.39, 0.29) is 18.3 Å². The van der Waals surface area contributed by atoms with Gasteiger partial charge in [-0.05, 0) is 43.2 Å². The van der Waals surface area contributed by atoms with E-state index in [1.165, 1.54) is 12.1 Å². The van der Waals surface area contributed by atoms with Gasteiger partial charge in [0, 0.05) is 0 Å². The third kappa shape index (κ3) is 1.55. The van der Waals surface area contributed by atoms with Crippen molar-refractivity contribution in [2.45, 2.75) is 35.3 Å². The summed E-state index contributed by atoms with van der Waals surface area (Å²) in [5.41, 5.74) is -0.114.